The Labute approximate surface area is 82.2 Å². The molecule has 1 heterocycles. The molecule has 0 radical (unpaired) electrons. The second-order valence-electron chi connectivity index (χ2n) is 2.87. The van der Waals surface area contributed by atoms with Crippen molar-refractivity contribution < 1.29 is 9.90 Å². The third kappa shape index (κ3) is 2.43. The van der Waals surface area contributed by atoms with E-state index in [1.165, 1.54) is 12.3 Å². The van der Waals surface area contributed by atoms with E-state index in [1.54, 1.807) is 20.0 Å². The molecule has 1 aromatic rings. The number of pyridine rings is 1. The highest BCUT2D eigenvalue weighted by Crippen LogP contribution is 2.17. The van der Waals surface area contributed by atoms with Gasteiger partial charge in [0.25, 0.3) is 0 Å². The smallest absolute Gasteiger partial charge is 0.242 e. The van der Waals surface area contributed by atoms with Crippen molar-refractivity contribution in [1.82, 2.24) is 10.3 Å². The lowest BCUT2D eigenvalue weighted by molar-refractivity contribution is -0.117. The summed E-state index contributed by atoms with van der Waals surface area (Å²) < 4.78 is 0. The number of nitrogens with one attached hydrogen (secondary N) is 2. The van der Waals surface area contributed by atoms with Crippen molar-refractivity contribution in [2.45, 2.75) is 13.0 Å². The highest BCUT2D eigenvalue weighted by atomic mass is 16.3. The Morgan fingerprint density at radius 2 is 2.36 bits per heavy atom. The molecule has 0 saturated heterocycles. The first-order chi connectivity index (χ1) is 6.65. The number of likely N-dealkylation sites (N-methyl/N-ethyl adjacent to an activating group) is 1. The molecule has 0 bridgehead atoms. The Balaban J connectivity index is 2.70. The average Bonchev–Trinajstić information content (AvgIpc) is 2.20. The first-order valence-electron chi connectivity index (χ1n) is 4.27. The summed E-state index contributed by atoms with van der Waals surface area (Å²) in [6.07, 6.45) is 1.50. The van der Waals surface area contributed by atoms with E-state index >= 15 is 0 Å². The van der Waals surface area contributed by atoms with Gasteiger partial charge in [-0.05, 0) is 26.1 Å². The minimum atomic E-state index is -0.323. The number of rotatable bonds is 3. The quantitative estimate of drug-likeness (QED) is 0.650. The van der Waals surface area contributed by atoms with Crippen LogP contribution in [-0.2, 0) is 4.79 Å². The van der Waals surface area contributed by atoms with Crippen molar-refractivity contribution >= 4 is 11.7 Å². The molecule has 0 spiro atoms. The zero-order valence-electron chi connectivity index (χ0n) is 8.11. The maximum absolute atomic E-state index is 11.4. The number of carbonyl (C=O) groups excluding carboxylic acids is 1. The van der Waals surface area contributed by atoms with Gasteiger partial charge in [-0.25, -0.2) is 4.98 Å². The molecule has 5 heteroatoms. The first kappa shape index (κ1) is 10.5. The van der Waals surface area contributed by atoms with Crippen LogP contribution in [0.15, 0.2) is 18.3 Å². The lowest BCUT2D eigenvalue weighted by Gasteiger charge is -2.10. The molecule has 14 heavy (non-hydrogen) atoms. The fourth-order valence-corrected chi connectivity index (χ4v) is 0.849. The van der Waals surface area contributed by atoms with Gasteiger partial charge < -0.3 is 15.7 Å². The standard InChI is InChI=1S/C9H13N3O2/c1-6(10-2)9(14)12-8-7(13)4-3-5-11-8/h3-6,10,13H,1-2H3,(H,11,12,14). The Morgan fingerprint density at radius 1 is 1.64 bits per heavy atom. The van der Waals surface area contributed by atoms with Crippen LogP contribution in [0.1, 0.15) is 6.92 Å². The number of nitrogens with zero attached hydrogens (tertiary/aromatic N) is 1. The molecule has 1 rings (SSSR count). The van der Waals surface area contributed by atoms with E-state index in [0.717, 1.165) is 0 Å². The zero-order valence-corrected chi connectivity index (χ0v) is 8.11. The van der Waals surface area contributed by atoms with Gasteiger partial charge in [-0.3, -0.25) is 4.79 Å². The Kier molecular flexibility index (Phi) is 3.41. The summed E-state index contributed by atoms with van der Waals surface area (Å²) in [5.41, 5.74) is 0. The normalized spacial score (nSPS) is 12.1. The van der Waals surface area contributed by atoms with Gasteiger partial charge in [-0.15, -0.1) is 0 Å². The number of amides is 1. The lowest BCUT2D eigenvalue weighted by Crippen LogP contribution is -2.35. The van der Waals surface area contributed by atoms with Crippen molar-refractivity contribution in [1.29, 1.82) is 0 Å². The molecule has 0 saturated carbocycles. The Hall–Kier alpha value is -1.62. The third-order valence-corrected chi connectivity index (χ3v) is 1.85. The molecular formula is C9H13N3O2. The van der Waals surface area contributed by atoms with Crippen LogP contribution in [0.2, 0.25) is 0 Å². The van der Waals surface area contributed by atoms with Crippen molar-refractivity contribution in [3.63, 3.8) is 0 Å². The van der Waals surface area contributed by atoms with Gasteiger partial charge in [0.05, 0.1) is 6.04 Å². The van der Waals surface area contributed by atoms with E-state index in [2.05, 4.69) is 15.6 Å². The number of carbonyl (C=O) groups is 1. The van der Waals surface area contributed by atoms with E-state index in [1.807, 2.05) is 0 Å². The summed E-state index contributed by atoms with van der Waals surface area (Å²) in [6, 6.07) is 2.73. The van der Waals surface area contributed by atoms with Gasteiger partial charge in [-0.1, -0.05) is 0 Å². The number of anilines is 1. The van der Waals surface area contributed by atoms with E-state index in [4.69, 9.17) is 0 Å². The van der Waals surface area contributed by atoms with Crippen LogP contribution in [0.5, 0.6) is 5.75 Å². The van der Waals surface area contributed by atoms with E-state index in [-0.39, 0.29) is 23.5 Å². The molecule has 1 aromatic heterocycles. The van der Waals surface area contributed by atoms with Crippen molar-refractivity contribution in [3.05, 3.63) is 18.3 Å². The minimum absolute atomic E-state index is 0.0378. The Bertz CT molecular complexity index is 328. The Morgan fingerprint density at radius 3 is 2.93 bits per heavy atom. The lowest BCUT2D eigenvalue weighted by atomic mass is 10.3. The van der Waals surface area contributed by atoms with Crippen LogP contribution in [0.3, 0.4) is 0 Å². The van der Waals surface area contributed by atoms with Crippen LogP contribution < -0.4 is 10.6 Å². The predicted octanol–water partition coefficient (Wildman–Crippen LogP) is 0.334. The van der Waals surface area contributed by atoms with Crippen LogP contribution in [0.4, 0.5) is 5.82 Å². The zero-order chi connectivity index (χ0) is 10.6. The molecule has 76 valence electrons. The third-order valence-electron chi connectivity index (χ3n) is 1.85. The summed E-state index contributed by atoms with van der Waals surface area (Å²) in [5.74, 6) is -0.0924. The van der Waals surface area contributed by atoms with Gasteiger partial charge in [0.1, 0.15) is 0 Å². The van der Waals surface area contributed by atoms with Gasteiger partial charge in [0.15, 0.2) is 11.6 Å². The number of hydrogen-bond acceptors (Lipinski definition) is 4. The number of aromatic nitrogens is 1. The monoisotopic (exact) mass is 195 g/mol. The molecule has 0 aliphatic heterocycles. The topological polar surface area (TPSA) is 74.2 Å². The molecule has 1 atom stereocenters. The molecule has 1 amide bonds. The average molecular weight is 195 g/mol. The molecule has 5 nitrogen and oxygen atoms in total. The summed E-state index contributed by atoms with van der Waals surface area (Å²) in [6.45, 7) is 1.72. The summed E-state index contributed by atoms with van der Waals surface area (Å²) >= 11 is 0. The molecule has 0 aromatic carbocycles. The van der Waals surface area contributed by atoms with Crippen LogP contribution in [0, 0.1) is 0 Å². The van der Waals surface area contributed by atoms with Gasteiger partial charge in [-0.2, -0.15) is 0 Å². The number of aromatic hydroxyl groups is 1. The van der Waals surface area contributed by atoms with Crippen molar-refractivity contribution in [3.8, 4) is 5.75 Å². The largest absolute Gasteiger partial charge is 0.504 e. The fraction of sp³-hybridized carbons (Fsp3) is 0.333. The summed E-state index contributed by atoms with van der Waals surface area (Å²) in [5, 5.41) is 14.6. The van der Waals surface area contributed by atoms with E-state index in [0.29, 0.717) is 0 Å². The highest BCUT2D eigenvalue weighted by Gasteiger charge is 2.12. The van der Waals surface area contributed by atoms with Crippen molar-refractivity contribution in [2.24, 2.45) is 0 Å². The fourth-order valence-electron chi connectivity index (χ4n) is 0.849. The minimum Gasteiger partial charge on any atom is -0.504 e. The van der Waals surface area contributed by atoms with Gasteiger partial charge in [0.2, 0.25) is 5.91 Å². The van der Waals surface area contributed by atoms with Gasteiger partial charge in [0, 0.05) is 6.20 Å². The molecular weight excluding hydrogens is 182 g/mol. The predicted molar refractivity (Wildman–Crippen MR) is 53.1 cm³/mol. The number of hydrogen-bond donors (Lipinski definition) is 3. The summed E-state index contributed by atoms with van der Waals surface area (Å²) in [7, 11) is 1.68. The van der Waals surface area contributed by atoms with Crippen LogP contribution in [-0.4, -0.2) is 29.1 Å². The molecule has 0 fully saturated rings. The first-order valence-corrected chi connectivity index (χ1v) is 4.27. The molecule has 1 unspecified atom stereocenters. The van der Waals surface area contributed by atoms with Crippen LogP contribution >= 0.6 is 0 Å². The molecule has 0 aliphatic rings. The van der Waals surface area contributed by atoms with E-state index in [9.17, 15) is 9.90 Å². The van der Waals surface area contributed by atoms with Gasteiger partial charge >= 0.3 is 0 Å². The maximum Gasteiger partial charge on any atom is 0.242 e. The van der Waals surface area contributed by atoms with Crippen molar-refractivity contribution in [2.75, 3.05) is 12.4 Å². The summed E-state index contributed by atoms with van der Waals surface area (Å²) in [4.78, 5) is 15.2. The molecule has 0 aliphatic carbocycles. The second-order valence-corrected chi connectivity index (χ2v) is 2.87. The molecule has 3 N–H and O–H groups in total. The maximum atomic E-state index is 11.4. The SMILES string of the molecule is CNC(C)C(=O)Nc1ncccc1O. The highest BCUT2D eigenvalue weighted by molar-refractivity contribution is 5.94. The van der Waals surface area contributed by atoms with E-state index < -0.39 is 0 Å². The second kappa shape index (κ2) is 4.57. The van der Waals surface area contributed by atoms with Crippen LogP contribution in [0.25, 0.3) is 0 Å².